The number of hydrogen-bond donors (Lipinski definition) is 2. The quantitative estimate of drug-likeness (QED) is 0.880. The van der Waals surface area contributed by atoms with Crippen LogP contribution in [0.15, 0.2) is 24.3 Å². The molecule has 2 rings (SSSR count). The second kappa shape index (κ2) is 6.27. The molecule has 6 heteroatoms. The molecule has 1 atom stereocenters. The Morgan fingerprint density at radius 3 is 2.75 bits per heavy atom. The predicted octanol–water partition coefficient (Wildman–Crippen LogP) is 2.39. The summed E-state index contributed by atoms with van der Waals surface area (Å²) < 4.78 is 12.8. The van der Waals surface area contributed by atoms with Gasteiger partial charge in [0.15, 0.2) is 0 Å². The summed E-state index contributed by atoms with van der Waals surface area (Å²) in [7, 11) is 0. The number of aryl methyl sites for hydroxylation is 1. The number of amides is 1. The Labute approximate surface area is 116 Å². The molecule has 0 spiro atoms. The first-order valence-electron chi connectivity index (χ1n) is 6.57. The van der Waals surface area contributed by atoms with Crippen molar-refractivity contribution < 1.29 is 9.18 Å². The summed E-state index contributed by atoms with van der Waals surface area (Å²) in [6.07, 6.45) is 1.69. The van der Waals surface area contributed by atoms with Crippen LogP contribution in [-0.2, 0) is 6.42 Å². The van der Waals surface area contributed by atoms with E-state index in [0.29, 0.717) is 5.82 Å². The number of carbonyl (C=O) groups is 1. The number of H-pyrrole nitrogens is 1. The maximum atomic E-state index is 12.8. The second-order valence-corrected chi connectivity index (χ2v) is 4.60. The van der Waals surface area contributed by atoms with Crippen molar-refractivity contribution >= 4 is 5.91 Å². The number of carbonyl (C=O) groups excluding carboxylic acids is 1. The average molecular weight is 276 g/mol. The van der Waals surface area contributed by atoms with Crippen LogP contribution in [-0.4, -0.2) is 21.1 Å². The Morgan fingerprint density at radius 1 is 1.40 bits per heavy atom. The van der Waals surface area contributed by atoms with Gasteiger partial charge >= 0.3 is 0 Å². The lowest BCUT2D eigenvalue weighted by atomic mass is 10.1. The van der Waals surface area contributed by atoms with Crippen molar-refractivity contribution in [3.8, 4) is 0 Å². The Morgan fingerprint density at radius 2 is 2.10 bits per heavy atom. The van der Waals surface area contributed by atoms with Gasteiger partial charge in [-0.2, -0.15) is 0 Å². The summed E-state index contributed by atoms with van der Waals surface area (Å²) in [5.41, 5.74) is 0.823. The van der Waals surface area contributed by atoms with Gasteiger partial charge in [-0.05, 0) is 31.0 Å². The molecule has 2 N–H and O–H groups in total. The second-order valence-electron chi connectivity index (χ2n) is 4.60. The summed E-state index contributed by atoms with van der Waals surface area (Å²) in [5, 5.41) is 9.40. The van der Waals surface area contributed by atoms with Crippen molar-refractivity contribution in [2.75, 3.05) is 0 Å². The van der Waals surface area contributed by atoms with E-state index >= 15 is 0 Å². The molecule has 0 aliphatic carbocycles. The Balaban J connectivity index is 2.01. The molecule has 1 heterocycles. The van der Waals surface area contributed by atoms with Gasteiger partial charge in [-0.15, -0.1) is 5.10 Å². The van der Waals surface area contributed by atoms with E-state index in [1.165, 1.54) is 12.1 Å². The van der Waals surface area contributed by atoms with Gasteiger partial charge in [0.25, 0.3) is 5.91 Å². The molecule has 0 bridgehead atoms. The van der Waals surface area contributed by atoms with E-state index in [1.807, 2.05) is 13.8 Å². The number of nitrogens with zero attached hydrogens (tertiary/aromatic N) is 2. The molecule has 0 aliphatic rings. The number of aromatic amines is 1. The van der Waals surface area contributed by atoms with Crippen LogP contribution in [0.4, 0.5) is 4.39 Å². The lowest BCUT2D eigenvalue weighted by Crippen LogP contribution is -2.27. The minimum Gasteiger partial charge on any atom is -0.343 e. The molecule has 1 aromatic heterocycles. The fraction of sp³-hybridized carbons (Fsp3) is 0.357. The number of benzene rings is 1. The van der Waals surface area contributed by atoms with Crippen LogP contribution in [0.3, 0.4) is 0 Å². The molecular formula is C14H17FN4O. The summed E-state index contributed by atoms with van der Waals surface area (Å²) in [6, 6.07) is 5.77. The van der Waals surface area contributed by atoms with Crippen LogP contribution < -0.4 is 5.32 Å². The minimum absolute atomic E-state index is 0.127. The van der Waals surface area contributed by atoms with Gasteiger partial charge in [0.1, 0.15) is 11.6 Å². The summed E-state index contributed by atoms with van der Waals surface area (Å²) in [6.45, 7) is 3.85. The van der Waals surface area contributed by atoms with Gasteiger partial charge in [0.2, 0.25) is 5.82 Å². The molecule has 0 fully saturated rings. The van der Waals surface area contributed by atoms with E-state index < -0.39 is 0 Å². The highest BCUT2D eigenvalue weighted by Gasteiger charge is 2.15. The SMILES string of the molecule is CCCc1nc(C(=O)NC(C)c2ccc(F)cc2)n[nH]1. The van der Waals surface area contributed by atoms with Crippen LogP contribution in [0.2, 0.25) is 0 Å². The smallest absolute Gasteiger partial charge is 0.291 e. The zero-order valence-corrected chi connectivity index (χ0v) is 11.5. The third kappa shape index (κ3) is 3.40. The van der Waals surface area contributed by atoms with Gasteiger partial charge in [0.05, 0.1) is 6.04 Å². The van der Waals surface area contributed by atoms with Gasteiger partial charge in [0, 0.05) is 6.42 Å². The maximum Gasteiger partial charge on any atom is 0.291 e. The molecular weight excluding hydrogens is 259 g/mol. The molecule has 0 aliphatic heterocycles. The molecule has 1 aromatic carbocycles. The van der Waals surface area contributed by atoms with E-state index in [2.05, 4.69) is 20.5 Å². The normalized spacial score (nSPS) is 12.2. The topological polar surface area (TPSA) is 70.7 Å². The third-order valence-corrected chi connectivity index (χ3v) is 2.94. The zero-order chi connectivity index (χ0) is 14.5. The van der Waals surface area contributed by atoms with Crippen LogP contribution in [0.5, 0.6) is 0 Å². The molecule has 0 saturated carbocycles. The first-order valence-corrected chi connectivity index (χ1v) is 6.57. The monoisotopic (exact) mass is 276 g/mol. The highest BCUT2D eigenvalue weighted by molar-refractivity contribution is 5.90. The van der Waals surface area contributed by atoms with E-state index in [0.717, 1.165) is 18.4 Å². The van der Waals surface area contributed by atoms with E-state index in [-0.39, 0.29) is 23.6 Å². The van der Waals surface area contributed by atoms with Gasteiger partial charge < -0.3 is 5.32 Å². The van der Waals surface area contributed by atoms with Crippen LogP contribution in [0.1, 0.15) is 48.3 Å². The number of halogens is 1. The number of aromatic nitrogens is 3. The molecule has 5 nitrogen and oxygen atoms in total. The Bertz CT molecular complexity index is 579. The fourth-order valence-electron chi connectivity index (χ4n) is 1.84. The van der Waals surface area contributed by atoms with Crippen LogP contribution in [0.25, 0.3) is 0 Å². The maximum absolute atomic E-state index is 12.8. The highest BCUT2D eigenvalue weighted by atomic mass is 19.1. The summed E-state index contributed by atoms with van der Waals surface area (Å²) in [4.78, 5) is 16.1. The van der Waals surface area contributed by atoms with Crippen molar-refractivity contribution in [1.82, 2.24) is 20.5 Å². The van der Waals surface area contributed by atoms with Crippen molar-refractivity contribution in [3.05, 3.63) is 47.3 Å². The van der Waals surface area contributed by atoms with E-state index in [4.69, 9.17) is 0 Å². The number of nitrogens with one attached hydrogen (secondary N) is 2. The first kappa shape index (κ1) is 14.2. The van der Waals surface area contributed by atoms with Crippen molar-refractivity contribution in [1.29, 1.82) is 0 Å². The fourth-order valence-corrected chi connectivity index (χ4v) is 1.84. The van der Waals surface area contributed by atoms with Crippen molar-refractivity contribution in [3.63, 3.8) is 0 Å². The van der Waals surface area contributed by atoms with Crippen molar-refractivity contribution in [2.45, 2.75) is 32.7 Å². The summed E-state index contributed by atoms with van der Waals surface area (Å²) >= 11 is 0. The molecule has 106 valence electrons. The highest BCUT2D eigenvalue weighted by Crippen LogP contribution is 2.13. The van der Waals surface area contributed by atoms with E-state index in [1.54, 1.807) is 12.1 Å². The largest absolute Gasteiger partial charge is 0.343 e. The lowest BCUT2D eigenvalue weighted by Gasteiger charge is -2.12. The Hall–Kier alpha value is -2.24. The third-order valence-electron chi connectivity index (χ3n) is 2.94. The molecule has 1 unspecified atom stereocenters. The summed E-state index contributed by atoms with van der Waals surface area (Å²) in [5.74, 6) is 0.181. The number of hydrogen-bond acceptors (Lipinski definition) is 3. The lowest BCUT2D eigenvalue weighted by molar-refractivity contribution is 0.0929. The van der Waals surface area contributed by atoms with E-state index in [9.17, 15) is 9.18 Å². The molecule has 0 radical (unpaired) electrons. The van der Waals surface area contributed by atoms with Gasteiger partial charge in [-0.25, -0.2) is 9.37 Å². The van der Waals surface area contributed by atoms with Crippen molar-refractivity contribution in [2.24, 2.45) is 0 Å². The number of rotatable bonds is 5. The molecule has 1 amide bonds. The van der Waals surface area contributed by atoms with Crippen LogP contribution >= 0.6 is 0 Å². The van der Waals surface area contributed by atoms with Gasteiger partial charge in [-0.1, -0.05) is 19.1 Å². The average Bonchev–Trinajstić information content (AvgIpc) is 2.88. The Kier molecular flexibility index (Phi) is 4.45. The minimum atomic E-state index is -0.347. The molecule has 2 aromatic rings. The molecule has 20 heavy (non-hydrogen) atoms. The first-order chi connectivity index (χ1) is 9.60. The van der Waals surface area contributed by atoms with Crippen LogP contribution in [0, 0.1) is 5.82 Å². The van der Waals surface area contributed by atoms with Gasteiger partial charge in [-0.3, -0.25) is 9.89 Å². The standard InChI is InChI=1S/C14H17FN4O/c1-3-4-12-17-13(19-18-12)14(20)16-9(2)10-5-7-11(15)8-6-10/h5-9H,3-4H2,1-2H3,(H,16,20)(H,17,18,19). The predicted molar refractivity (Wildman–Crippen MR) is 72.7 cm³/mol. The zero-order valence-electron chi connectivity index (χ0n) is 11.5. The molecule has 0 saturated heterocycles.